The maximum Gasteiger partial charge on any atom is 0.262 e. The van der Waals surface area contributed by atoms with Crippen molar-refractivity contribution in [3.63, 3.8) is 0 Å². The molecule has 6 nitrogen and oxygen atoms in total. The van der Waals surface area contributed by atoms with Crippen LogP contribution in [-0.2, 0) is 4.79 Å². The van der Waals surface area contributed by atoms with E-state index < -0.39 is 0 Å². The first-order valence-corrected chi connectivity index (χ1v) is 10.4. The third kappa shape index (κ3) is 5.63. The highest BCUT2D eigenvalue weighted by molar-refractivity contribution is 7.80. The molecule has 1 N–H and O–H groups in total. The molecule has 2 aromatic rings. The molecular formula is C23H28N2O4S. The van der Waals surface area contributed by atoms with Gasteiger partial charge in [-0.2, -0.15) is 0 Å². The average Bonchev–Trinajstić information content (AvgIpc) is 2.78. The minimum atomic E-state index is -0.260. The lowest BCUT2D eigenvalue weighted by atomic mass is 9.99. The molecule has 30 heavy (non-hydrogen) atoms. The van der Waals surface area contributed by atoms with Crippen LogP contribution in [0.15, 0.2) is 42.5 Å². The molecule has 160 valence electrons. The van der Waals surface area contributed by atoms with Crippen LogP contribution in [0.25, 0.3) is 0 Å². The Bertz CT molecular complexity index is 877. The Labute approximate surface area is 183 Å². The Balaban J connectivity index is 1.59. The Morgan fingerprint density at radius 2 is 1.77 bits per heavy atom. The number of nitrogens with one attached hydrogen (secondary N) is 1. The Morgan fingerprint density at radius 3 is 2.40 bits per heavy atom. The molecule has 0 unspecified atom stereocenters. The number of amides is 1. The molecule has 1 fully saturated rings. The molecule has 1 saturated heterocycles. The van der Waals surface area contributed by atoms with E-state index in [2.05, 4.69) is 17.1 Å². The fourth-order valence-electron chi connectivity index (χ4n) is 3.33. The molecule has 0 aromatic heterocycles. The molecule has 0 bridgehead atoms. The van der Waals surface area contributed by atoms with Gasteiger partial charge in [-0.05, 0) is 61.2 Å². The lowest BCUT2D eigenvalue weighted by Gasteiger charge is -2.32. The highest BCUT2D eigenvalue weighted by Crippen LogP contribution is 2.29. The third-order valence-electron chi connectivity index (χ3n) is 5.21. The topological polar surface area (TPSA) is 60.0 Å². The summed E-state index contributed by atoms with van der Waals surface area (Å²) in [7, 11) is 3.18. The normalized spacial score (nSPS) is 14.2. The highest BCUT2D eigenvalue weighted by atomic mass is 32.1. The lowest BCUT2D eigenvalue weighted by molar-refractivity contribution is -0.118. The molecule has 1 aliphatic rings. The molecule has 1 heterocycles. The number of thiocarbonyl (C=S) groups is 1. The van der Waals surface area contributed by atoms with E-state index in [4.69, 9.17) is 26.4 Å². The summed E-state index contributed by atoms with van der Waals surface area (Å²) in [6.45, 7) is 4.11. The number of rotatable bonds is 7. The van der Waals surface area contributed by atoms with Gasteiger partial charge in [0.1, 0.15) is 10.7 Å². The zero-order valence-corrected chi connectivity index (χ0v) is 18.5. The van der Waals surface area contributed by atoms with Crippen molar-refractivity contribution in [3.8, 4) is 17.2 Å². The van der Waals surface area contributed by atoms with E-state index in [0.717, 1.165) is 48.2 Å². The second-order valence-corrected chi connectivity index (χ2v) is 7.79. The maximum atomic E-state index is 12.2. The van der Waals surface area contributed by atoms with Crippen LogP contribution in [0.5, 0.6) is 17.2 Å². The second kappa shape index (κ2) is 10.3. The molecular weight excluding hydrogens is 400 g/mol. The number of anilines is 1. The van der Waals surface area contributed by atoms with Crippen molar-refractivity contribution in [3.05, 3.63) is 48.0 Å². The first-order chi connectivity index (χ1) is 14.5. The van der Waals surface area contributed by atoms with Crippen LogP contribution in [0.3, 0.4) is 0 Å². The molecule has 1 aliphatic heterocycles. The van der Waals surface area contributed by atoms with Gasteiger partial charge in [0.15, 0.2) is 18.1 Å². The minimum absolute atomic E-state index is 0.129. The van der Waals surface area contributed by atoms with Gasteiger partial charge < -0.3 is 24.4 Å². The molecule has 0 radical (unpaired) electrons. The molecule has 0 spiro atoms. The summed E-state index contributed by atoms with van der Waals surface area (Å²) in [5.41, 5.74) is 1.60. The molecule has 1 amide bonds. The molecule has 3 rings (SSSR count). The van der Waals surface area contributed by atoms with Crippen LogP contribution in [0.2, 0.25) is 0 Å². The summed E-state index contributed by atoms with van der Waals surface area (Å²) < 4.78 is 16.3. The number of carbonyl (C=O) groups excluding carboxylic acids is 1. The Hall–Kier alpha value is -2.80. The van der Waals surface area contributed by atoms with Gasteiger partial charge in [0.2, 0.25) is 0 Å². The van der Waals surface area contributed by atoms with E-state index >= 15 is 0 Å². The van der Waals surface area contributed by atoms with Crippen LogP contribution in [0.1, 0.15) is 25.3 Å². The van der Waals surface area contributed by atoms with Crippen molar-refractivity contribution in [1.82, 2.24) is 4.90 Å². The van der Waals surface area contributed by atoms with E-state index in [9.17, 15) is 4.79 Å². The van der Waals surface area contributed by atoms with Crippen LogP contribution in [-0.4, -0.2) is 49.7 Å². The summed E-state index contributed by atoms with van der Waals surface area (Å²) in [5, 5.41) is 2.79. The smallest absolute Gasteiger partial charge is 0.262 e. The number of ether oxygens (including phenoxy) is 3. The second-order valence-electron chi connectivity index (χ2n) is 7.41. The maximum absolute atomic E-state index is 12.2. The van der Waals surface area contributed by atoms with Crippen molar-refractivity contribution < 1.29 is 19.0 Å². The lowest BCUT2D eigenvalue weighted by Crippen LogP contribution is -2.37. The van der Waals surface area contributed by atoms with Gasteiger partial charge >= 0.3 is 0 Å². The number of hydrogen-bond acceptors (Lipinski definition) is 5. The monoisotopic (exact) mass is 428 g/mol. The number of carbonyl (C=O) groups is 1. The fourth-order valence-corrected chi connectivity index (χ4v) is 3.64. The molecule has 0 saturated carbocycles. The first kappa shape index (κ1) is 21.9. The predicted octanol–water partition coefficient (Wildman–Crippen LogP) is 4.13. The largest absolute Gasteiger partial charge is 0.497 e. The van der Waals surface area contributed by atoms with Crippen molar-refractivity contribution in [2.24, 2.45) is 5.92 Å². The first-order valence-electron chi connectivity index (χ1n) is 10.0. The predicted molar refractivity (Wildman–Crippen MR) is 122 cm³/mol. The van der Waals surface area contributed by atoms with Gasteiger partial charge in [-0.15, -0.1) is 0 Å². The summed E-state index contributed by atoms with van der Waals surface area (Å²) in [4.78, 5) is 15.3. The quantitative estimate of drug-likeness (QED) is 0.669. The number of benzene rings is 2. The van der Waals surface area contributed by atoms with Gasteiger partial charge in [-0.3, -0.25) is 4.79 Å². The van der Waals surface area contributed by atoms with E-state index in [-0.39, 0.29) is 12.5 Å². The molecule has 7 heteroatoms. The van der Waals surface area contributed by atoms with Crippen LogP contribution in [0, 0.1) is 5.92 Å². The SMILES string of the molecule is COc1ccc(NC(=O)COc2ccc(C(=S)N3CCC(C)CC3)cc2OC)cc1. The fraction of sp³-hybridized carbons (Fsp3) is 0.391. The van der Waals surface area contributed by atoms with Crippen molar-refractivity contribution in [1.29, 1.82) is 0 Å². The van der Waals surface area contributed by atoms with Crippen LogP contribution < -0.4 is 19.5 Å². The zero-order valence-electron chi connectivity index (χ0n) is 17.6. The van der Waals surface area contributed by atoms with E-state index in [1.165, 1.54) is 0 Å². The van der Waals surface area contributed by atoms with Gasteiger partial charge in [0.05, 0.1) is 14.2 Å². The van der Waals surface area contributed by atoms with Crippen molar-refractivity contribution in [2.75, 3.05) is 39.2 Å². The summed E-state index contributed by atoms with van der Waals surface area (Å²) in [6.07, 6.45) is 2.31. The van der Waals surface area contributed by atoms with Gasteiger partial charge in [-0.1, -0.05) is 19.1 Å². The molecule has 0 atom stereocenters. The number of hydrogen-bond donors (Lipinski definition) is 1. The Morgan fingerprint density at radius 1 is 1.07 bits per heavy atom. The van der Waals surface area contributed by atoms with Crippen LogP contribution in [0.4, 0.5) is 5.69 Å². The minimum Gasteiger partial charge on any atom is -0.497 e. The zero-order chi connectivity index (χ0) is 21.5. The highest BCUT2D eigenvalue weighted by Gasteiger charge is 2.20. The van der Waals surface area contributed by atoms with E-state index in [1.807, 2.05) is 12.1 Å². The average molecular weight is 429 g/mol. The van der Waals surface area contributed by atoms with Crippen molar-refractivity contribution >= 4 is 28.8 Å². The van der Waals surface area contributed by atoms with Gasteiger partial charge in [0, 0.05) is 24.3 Å². The number of likely N-dealkylation sites (tertiary alicyclic amines) is 1. The van der Waals surface area contributed by atoms with E-state index in [1.54, 1.807) is 44.6 Å². The molecule has 2 aromatic carbocycles. The standard InChI is InChI=1S/C23H28N2O4S/c1-16-10-12-25(13-11-16)23(30)17-4-9-20(21(14-17)28-3)29-15-22(26)24-18-5-7-19(27-2)8-6-18/h4-9,14,16H,10-13,15H2,1-3H3,(H,24,26). The number of methoxy groups -OCH3 is 2. The third-order valence-corrected chi connectivity index (χ3v) is 5.71. The Kier molecular flexibility index (Phi) is 7.52. The summed E-state index contributed by atoms with van der Waals surface area (Å²) in [5.74, 6) is 2.27. The van der Waals surface area contributed by atoms with Crippen LogP contribution >= 0.6 is 12.2 Å². The van der Waals surface area contributed by atoms with Gasteiger partial charge in [-0.25, -0.2) is 0 Å². The van der Waals surface area contributed by atoms with Crippen molar-refractivity contribution in [2.45, 2.75) is 19.8 Å². The number of piperidine rings is 1. The number of nitrogens with zero attached hydrogens (tertiary/aromatic N) is 1. The van der Waals surface area contributed by atoms with Gasteiger partial charge in [0.25, 0.3) is 5.91 Å². The summed E-state index contributed by atoms with van der Waals surface area (Å²) in [6, 6.07) is 12.7. The summed E-state index contributed by atoms with van der Waals surface area (Å²) >= 11 is 5.68. The molecule has 0 aliphatic carbocycles. The van der Waals surface area contributed by atoms with E-state index in [0.29, 0.717) is 17.2 Å².